The van der Waals surface area contributed by atoms with Crippen molar-refractivity contribution in [3.8, 4) is 0 Å². The van der Waals surface area contributed by atoms with E-state index in [9.17, 15) is 14.4 Å². The maximum Gasteiger partial charge on any atom is 0.271 e. The van der Waals surface area contributed by atoms with Crippen LogP contribution in [-0.2, 0) is 6.54 Å². The van der Waals surface area contributed by atoms with Gasteiger partial charge in [-0.05, 0) is 31.0 Å². The van der Waals surface area contributed by atoms with Crippen molar-refractivity contribution >= 4 is 24.2 Å². The van der Waals surface area contributed by atoms with Crippen molar-refractivity contribution in [2.75, 3.05) is 26.2 Å². The fourth-order valence-electron chi connectivity index (χ4n) is 4.28. The van der Waals surface area contributed by atoms with Gasteiger partial charge in [-0.3, -0.25) is 19.3 Å². The summed E-state index contributed by atoms with van der Waals surface area (Å²) in [6.07, 6.45) is 1.72. The number of benzene rings is 1. The Morgan fingerprint density at radius 2 is 1.90 bits per heavy atom. The first-order valence-electron chi connectivity index (χ1n) is 10.5. The molecule has 2 saturated heterocycles. The van der Waals surface area contributed by atoms with Crippen molar-refractivity contribution in [3.05, 3.63) is 64.1 Å². The standard InChI is InChI=1S/C22H27N5O3.ClH/c1-2-11-27-20(28)9-8-19(24-27)21(29)23-13-18-15-26(17-10-12-25(18)14-17)22(30)16-6-4-3-5-7-16;/h3-9,17-18H,2,10-15H2,1H3,(H,23,29);1H. The highest BCUT2D eigenvalue weighted by atomic mass is 35.5. The first-order valence-corrected chi connectivity index (χ1v) is 10.5. The Hall–Kier alpha value is -2.71. The number of aromatic nitrogens is 2. The summed E-state index contributed by atoms with van der Waals surface area (Å²) in [7, 11) is 0. The largest absolute Gasteiger partial charge is 0.349 e. The number of halogens is 1. The Morgan fingerprint density at radius 1 is 1.13 bits per heavy atom. The van der Waals surface area contributed by atoms with E-state index < -0.39 is 0 Å². The summed E-state index contributed by atoms with van der Waals surface area (Å²) in [5.41, 5.74) is 0.720. The van der Waals surface area contributed by atoms with Crippen LogP contribution in [0.3, 0.4) is 0 Å². The predicted octanol–water partition coefficient (Wildman–Crippen LogP) is 1.40. The van der Waals surface area contributed by atoms with E-state index in [1.807, 2.05) is 42.2 Å². The molecule has 2 bridgehead atoms. The molecule has 1 aromatic heterocycles. The Balaban J connectivity index is 0.00000272. The Bertz CT molecular complexity index is 981. The molecular weight excluding hydrogens is 418 g/mol. The lowest BCUT2D eigenvalue weighted by Crippen LogP contribution is -2.57. The molecular formula is C22H28ClN5O3. The lowest BCUT2D eigenvalue weighted by Gasteiger charge is -2.40. The van der Waals surface area contributed by atoms with Gasteiger partial charge in [-0.2, -0.15) is 5.10 Å². The summed E-state index contributed by atoms with van der Waals surface area (Å²) in [5.74, 6) is -0.256. The second-order valence-corrected chi connectivity index (χ2v) is 7.90. The molecule has 166 valence electrons. The van der Waals surface area contributed by atoms with Crippen LogP contribution in [0, 0.1) is 0 Å². The number of hydrogen-bond donors (Lipinski definition) is 1. The zero-order valence-corrected chi connectivity index (χ0v) is 18.4. The van der Waals surface area contributed by atoms with Crippen molar-refractivity contribution in [2.24, 2.45) is 0 Å². The topological polar surface area (TPSA) is 87.5 Å². The number of hydrogen-bond acceptors (Lipinski definition) is 5. The van der Waals surface area contributed by atoms with Crippen molar-refractivity contribution in [1.82, 2.24) is 24.9 Å². The van der Waals surface area contributed by atoms with Gasteiger partial charge in [-0.15, -0.1) is 12.4 Å². The summed E-state index contributed by atoms with van der Waals surface area (Å²) < 4.78 is 1.32. The highest BCUT2D eigenvalue weighted by Gasteiger charge is 2.40. The van der Waals surface area contributed by atoms with Crippen LogP contribution in [0.15, 0.2) is 47.3 Å². The molecule has 0 spiro atoms. The van der Waals surface area contributed by atoms with Crippen molar-refractivity contribution in [1.29, 1.82) is 0 Å². The third-order valence-electron chi connectivity index (χ3n) is 5.87. The zero-order chi connectivity index (χ0) is 21.1. The summed E-state index contributed by atoms with van der Waals surface area (Å²) in [4.78, 5) is 41.7. The predicted molar refractivity (Wildman–Crippen MR) is 120 cm³/mol. The lowest BCUT2D eigenvalue weighted by molar-refractivity contribution is 0.0493. The Morgan fingerprint density at radius 3 is 2.65 bits per heavy atom. The van der Waals surface area contributed by atoms with Crippen LogP contribution < -0.4 is 10.9 Å². The van der Waals surface area contributed by atoms with Crippen LogP contribution in [0.2, 0.25) is 0 Å². The van der Waals surface area contributed by atoms with Crippen LogP contribution in [-0.4, -0.2) is 69.7 Å². The Kier molecular flexibility index (Phi) is 7.46. The minimum absolute atomic E-state index is 0. The summed E-state index contributed by atoms with van der Waals surface area (Å²) >= 11 is 0. The van der Waals surface area contributed by atoms with E-state index in [-0.39, 0.29) is 47.6 Å². The molecule has 2 aromatic rings. The third kappa shape index (κ3) is 4.97. The number of aryl methyl sites for hydroxylation is 1. The number of piperazine rings is 1. The number of amides is 2. The Labute approximate surface area is 187 Å². The van der Waals surface area contributed by atoms with Gasteiger partial charge in [0.15, 0.2) is 0 Å². The molecule has 4 rings (SSSR count). The smallest absolute Gasteiger partial charge is 0.271 e. The molecule has 3 unspecified atom stereocenters. The second kappa shape index (κ2) is 10.1. The van der Waals surface area contributed by atoms with Crippen LogP contribution in [0.25, 0.3) is 0 Å². The van der Waals surface area contributed by atoms with E-state index in [0.717, 1.165) is 25.9 Å². The van der Waals surface area contributed by atoms with E-state index >= 15 is 0 Å². The number of carbonyl (C=O) groups is 2. The number of rotatable bonds is 6. The van der Waals surface area contributed by atoms with Crippen molar-refractivity contribution < 1.29 is 9.59 Å². The third-order valence-corrected chi connectivity index (χ3v) is 5.87. The van der Waals surface area contributed by atoms with Gasteiger partial charge in [-0.25, -0.2) is 4.68 Å². The molecule has 0 radical (unpaired) electrons. The first-order chi connectivity index (χ1) is 14.6. The molecule has 2 aliphatic heterocycles. The van der Waals surface area contributed by atoms with E-state index in [0.29, 0.717) is 25.2 Å². The molecule has 9 heteroatoms. The quantitative estimate of drug-likeness (QED) is 0.726. The molecule has 2 aliphatic rings. The van der Waals surface area contributed by atoms with Crippen LogP contribution in [0.5, 0.6) is 0 Å². The molecule has 1 aromatic carbocycles. The van der Waals surface area contributed by atoms with Gasteiger partial charge in [0.2, 0.25) is 0 Å². The monoisotopic (exact) mass is 445 g/mol. The van der Waals surface area contributed by atoms with Gasteiger partial charge in [0.05, 0.1) is 0 Å². The van der Waals surface area contributed by atoms with Gasteiger partial charge in [0.1, 0.15) is 5.69 Å². The van der Waals surface area contributed by atoms with Gasteiger partial charge in [0.25, 0.3) is 17.4 Å². The molecule has 1 N–H and O–H groups in total. The second-order valence-electron chi connectivity index (χ2n) is 7.90. The highest BCUT2D eigenvalue weighted by Crippen LogP contribution is 2.26. The number of fused-ring (bicyclic) bond motifs is 2. The normalized spacial score (nSPS) is 22.0. The molecule has 2 amide bonds. The minimum Gasteiger partial charge on any atom is -0.349 e. The average Bonchev–Trinajstić information content (AvgIpc) is 3.19. The molecule has 8 nitrogen and oxygen atoms in total. The van der Waals surface area contributed by atoms with Crippen LogP contribution in [0.4, 0.5) is 0 Å². The average molecular weight is 446 g/mol. The maximum absolute atomic E-state index is 13.0. The van der Waals surface area contributed by atoms with Crippen LogP contribution in [0.1, 0.15) is 40.6 Å². The SMILES string of the molecule is CCCn1nc(C(=O)NCC2CN(C(=O)c3ccccc3)C3CCN2C3)ccc1=O.Cl. The molecule has 31 heavy (non-hydrogen) atoms. The van der Waals surface area contributed by atoms with Gasteiger partial charge < -0.3 is 10.2 Å². The fourth-order valence-corrected chi connectivity index (χ4v) is 4.28. The summed E-state index contributed by atoms with van der Waals surface area (Å²) in [6, 6.07) is 12.5. The molecule has 3 atom stereocenters. The van der Waals surface area contributed by atoms with E-state index in [1.54, 1.807) is 0 Å². The molecule has 0 saturated carbocycles. The van der Waals surface area contributed by atoms with Crippen molar-refractivity contribution in [2.45, 2.75) is 38.4 Å². The summed E-state index contributed by atoms with van der Waals surface area (Å²) in [6.45, 7) is 5.20. The van der Waals surface area contributed by atoms with Gasteiger partial charge in [0, 0.05) is 56.4 Å². The molecule has 0 aliphatic carbocycles. The zero-order valence-electron chi connectivity index (χ0n) is 17.6. The van der Waals surface area contributed by atoms with E-state index in [1.165, 1.54) is 16.8 Å². The first kappa shape index (κ1) is 23.0. The molecule has 3 heterocycles. The van der Waals surface area contributed by atoms with Crippen LogP contribution >= 0.6 is 12.4 Å². The number of nitrogens with one attached hydrogen (secondary N) is 1. The lowest BCUT2D eigenvalue weighted by atomic mass is 10.1. The highest BCUT2D eigenvalue weighted by molar-refractivity contribution is 5.94. The minimum atomic E-state index is -0.304. The number of nitrogens with zero attached hydrogens (tertiary/aromatic N) is 4. The maximum atomic E-state index is 13.0. The van der Waals surface area contributed by atoms with Crippen molar-refractivity contribution in [3.63, 3.8) is 0 Å². The molecule has 2 fully saturated rings. The van der Waals surface area contributed by atoms with E-state index in [4.69, 9.17) is 0 Å². The van der Waals surface area contributed by atoms with Gasteiger partial charge >= 0.3 is 0 Å². The van der Waals surface area contributed by atoms with E-state index in [2.05, 4.69) is 15.3 Å². The number of carbonyl (C=O) groups excluding carboxylic acids is 2. The summed E-state index contributed by atoms with van der Waals surface area (Å²) in [5, 5.41) is 7.11. The fraction of sp³-hybridized carbons (Fsp3) is 0.455. The van der Waals surface area contributed by atoms with Gasteiger partial charge in [-0.1, -0.05) is 25.1 Å².